The third-order valence-corrected chi connectivity index (χ3v) is 6.48. The van der Waals surface area contributed by atoms with E-state index in [1.165, 1.54) is 16.9 Å². The van der Waals surface area contributed by atoms with Gasteiger partial charge in [-0.1, -0.05) is 18.2 Å². The molecule has 2 saturated heterocycles. The van der Waals surface area contributed by atoms with Crippen LogP contribution in [0.4, 0.5) is 0 Å². The molecule has 3 aliphatic rings. The van der Waals surface area contributed by atoms with Crippen LogP contribution in [0.2, 0.25) is 0 Å². The van der Waals surface area contributed by atoms with Crippen molar-refractivity contribution >= 4 is 17.7 Å². The maximum Gasteiger partial charge on any atom is 0.308 e. The van der Waals surface area contributed by atoms with Crippen LogP contribution in [0.1, 0.15) is 30.7 Å². The molecule has 1 N–H and O–H groups in total. The molecule has 106 valence electrons. The van der Waals surface area contributed by atoms with Crippen molar-refractivity contribution in [1.82, 2.24) is 4.90 Å². The zero-order chi connectivity index (χ0) is 13.7. The van der Waals surface area contributed by atoms with Gasteiger partial charge in [0, 0.05) is 35.2 Å². The molecule has 1 aromatic carbocycles. The van der Waals surface area contributed by atoms with Crippen LogP contribution in [0.15, 0.2) is 29.2 Å². The molecule has 0 aliphatic carbocycles. The van der Waals surface area contributed by atoms with Gasteiger partial charge >= 0.3 is 5.97 Å². The van der Waals surface area contributed by atoms with E-state index in [9.17, 15) is 9.90 Å². The monoisotopic (exact) mass is 289 g/mol. The minimum atomic E-state index is -0.594. The lowest BCUT2D eigenvalue weighted by Crippen LogP contribution is -2.36. The quantitative estimate of drug-likeness (QED) is 0.929. The van der Waals surface area contributed by atoms with E-state index in [0.717, 1.165) is 25.1 Å². The number of nitrogens with zero attached hydrogens (tertiary/aromatic N) is 1. The van der Waals surface area contributed by atoms with E-state index < -0.39 is 5.97 Å². The first kappa shape index (κ1) is 12.7. The van der Waals surface area contributed by atoms with Crippen molar-refractivity contribution in [2.75, 3.05) is 12.3 Å². The molecule has 4 unspecified atom stereocenters. The summed E-state index contributed by atoms with van der Waals surface area (Å²) in [6, 6.07) is 9.48. The van der Waals surface area contributed by atoms with Crippen molar-refractivity contribution in [3.8, 4) is 0 Å². The van der Waals surface area contributed by atoms with E-state index in [1.807, 2.05) is 11.8 Å². The largest absolute Gasteiger partial charge is 0.481 e. The molecule has 20 heavy (non-hydrogen) atoms. The first-order valence-corrected chi connectivity index (χ1v) is 8.43. The predicted octanol–water partition coefficient (Wildman–Crippen LogP) is 2.81. The second kappa shape index (κ2) is 4.78. The molecule has 2 bridgehead atoms. The molecule has 0 amide bonds. The Balaban J connectivity index is 1.52. The molecule has 4 rings (SSSR count). The van der Waals surface area contributed by atoms with Gasteiger partial charge in [0.25, 0.3) is 0 Å². The summed E-state index contributed by atoms with van der Waals surface area (Å²) >= 11 is 1.95. The Morgan fingerprint density at radius 3 is 3.00 bits per heavy atom. The minimum Gasteiger partial charge on any atom is -0.481 e. The molecule has 4 heteroatoms. The summed E-state index contributed by atoms with van der Waals surface area (Å²) in [5, 5.41) is 9.34. The van der Waals surface area contributed by atoms with Crippen molar-refractivity contribution in [2.24, 2.45) is 5.92 Å². The fourth-order valence-electron chi connectivity index (χ4n) is 4.29. The number of carboxylic acids is 1. The average Bonchev–Trinajstić information content (AvgIpc) is 3.13. The van der Waals surface area contributed by atoms with Crippen LogP contribution in [-0.4, -0.2) is 40.4 Å². The number of benzene rings is 1. The van der Waals surface area contributed by atoms with Crippen LogP contribution in [-0.2, 0) is 4.79 Å². The van der Waals surface area contributed by atoms with Crippen molar-refractivity contribution in [3.63, 3.8) is 0 Å². The molecule has 3 heterocycles. The van der Waals surface area contributed by atoms with Crippen LogP contribution in [0.5, 0.6) is 0 Å². The highest BCUT2D eigenvalue weighted by atomic mass is 32.2. The first-order chi connectivity index (χ1) is 9.74. The Hall–Kier alpha value is -1.00. The highest BCUT2D eigenvalue weighted by molar-refractivity contribution is 7.99. The zero-order valence-corrected chi connectivity index (χ0v) is 12.2. The van der Waals surface area contributed by atoms with Gasteiger partial charge in [-0.05, 0) is 30.9 Å². The number of rotatable bonds is 3. The Kier molecular flexibility index (Phi) is 3.04. The number of carbonyl (C=O) groups is 1. The molecule has 0 saturated carbocycles. The third kappa shape index (κ3) is 1.89. The topological polar surface area (TPSA) is 40.5 Å². The average molecular weight is 289 g/mol. The van der Waals surface area contributed by atoms with Crippen LogP contribution in [0.3, 0.4) is 0 Å². The van der Waals surface area contributed by atoms with E-state index in [4.69, 9.17) is 0 Å². The standard InChI is InChI=1S/C16H19NO2S/c18-16(19)13-7-11-5-6-14(13)17(11)8-10-9-20-15-4-2-1-3-12(10)15/h1-4,10-11,13-14H,5-9H2,(H,18,19). The fourth-order valence-corrected chi connectivity index (χ4v) is 5.53. The third-order valence-electron chi connectivity index (χ3n) is 5.23. The Morgan fingerprint density at radius 1 is 1.35 bits per heavy atom. The molecule has 0 radical (unpaired) electrons. The van der Waals surface area contributed by atoms with Crippen molar-refractivity contribution in [3.05, 3.63) is 29.8 Å². The summed E-state index contributed by atoms with van der Waals surface area (Å²) in [4.78, 5) is 15.3. The Bertz CT molecular complexity index is 547. The number of thioether (sulfide) groups is 1. The maximum atomic E-state index is 11.3. The van der Waals surface area contributed by atoms with Crippen LogP contribution in [0.25, 0.3) is 0 Å². The lowest BCUT2D eigenvalue weighted by Gasteiger charge is -2.26. The molecule has 0 aromatic heterocycles. The van der Waals surface area contributed by atoms with E-state index in [2.05, 4.69) is 29.2 Å². The van der Waals surface area contributed by atoms with Gasteiger partial charge in [-0.2, -0.15) is 0 Å². The number of fused-ring (bicyclic) bond motifs is 3. The van der Waals surface area contributed by atoms with Gasteiger partial charge in [0.15, 0.2) is 0 Å². The molecule has 4 atom stereocenters. The van der Waals surface area contributed by atoms with Gasteiger partial charge in [0.2, 0.25) is 0 Å². The van der Waals surface area contributed by atoms with Crippen molar-refractivity contribution in [2.45, 2.75) is 42.2 Å². The summed E-state index contributed by atoms with van der Waals surface area (Å²) in [5.41, 5.74) is 1.47. The minimum absolute atomic E-state index is 0.127. The summed E-state index contributed by atoms with van der Waals surface area (Å²) in [6.45, 7) is 1.04. The van der Waals surface area contributed by atoms with Gasteiger partial charge in [0.05, 0.1) is 5.92 Å². The van der Waals surface area contributed by atoms with Gasteiger partial charge in [-0.3, -0.25) is 9.69 Å². The van der Waals surface area contributed by atoms with E-state index in [-0.39, 0.29) is 12.0 Å². The molecule has 1 aromatic rings. The van der Waals surface area contributed by atoms with E-state index in [0.29, 0.717) is 12.0 Å². The Morgan fingerprint density at radius 2 is 2.20 bits per heavy atom. The normalized spacial score (nSPS) is 35.4. The van der Waals surface area contributed by atoms with Gasteiger partial charge in [-0.15, -0.1) is 11.8 Å². The van der Waals surface area contributed by atoms with Gasteiger partial charge in [-0.25, -0.2) is 0 Å². The van der Waals surface area contributed by atoms with Crippen molar-refractivity contribution < 1.29 is 9.90 Å². The fraction of sp³-hybridized carbons (Fsp3) is 0.562. The number of hydrogen-bond donors (Lipinski definition) is 1. The number of hydrogen-bond acceptors (Lipinski definition) is 3. The second-order valence-corrected chi connectivity index (χ2v) is 7.28. The lowest BCUT2D eigenvalue weighted by molar-refractivity contribution is -0.142. The maximum absolute atomic E-state index is 11.3. The van der Waals surface area contributed by atoms with Gasteiger partial charge in [0.1, 0.15) is 0 Å². The van der Waals surface area contributed by atoms with Crippen LogP contribution in [0, 0.1) is 5.92 Å². The summed E-state index contributed by atoms with van der Waals surface area (Å²) in [5.74, 6) is 1.00. The lowest BCUT2D eigenvalue weighted by atomic mass is 9.89. The summed E-state index contributed by atoms with van der Waals surface area (Å²) in [6.07, 6.45) is 3.13. The molecule has 0 spiro atoms. The van der Waals surface area contributed by atoms with Crippen LogP contribution >= 0.6 is 11.8 Å². The van der Waals surface area contributed by atoms with Gasteiger partial charge < -0.3 is 5.11 Å². The van der Waals surface area contributed by atoms with E-state index in [1.54, 1.807) is 0 Å². The molecular weight excluding hydrogens is 270 g/mol. The highest BCUT2D eigenvalue weighted by Gasteiger charge is 2.49. The zero-order valence-electron chi connectivity index (χ0n) is 11.4. The SMILES string of the molecule is O=C(O)C1CC2CCC1N2CC1CSc2ccccc21. The molecule has 3 aliphatic heterocycles. The molecular formula is C16H19NO2S. The Labute approximate surface area is 123 Å². The van der Waals surface area contributed by atoms with Crippen molar-refractivity contribution in [1.29, 1.82) is 0 Å². The number of aliphatic carboxylic acids is 1. The summed E-state index contributed by atoms with van der Waals surface area (Å²) in [7, 11) is 0. The molecule has 3 nitrogen and oxygen atoms in total. The first-order valence-electron chi connectivity index (χ1n) is 7.44. The smallest absolute Gasteiger partial charge is 0.308 e. The van der Waals surface area contributed by atoms with E-state index >= 15 is 0 Å². The molecule has 2 fully saturated rings. The predicted molar refractivity (Wildman–Crippen MR) is 79.2 cm³/mol. The highest BCUT2D eigenvalue weighted by Crippen LogP contribution is 2.46. The number of carboxylic acid groups (broad SMARTS) is 1. The summed E-state index contributed by atoms with van der Waals surface area (Å²) < 4.78 is 0. The second-order valence-electron chi connectivity index (χ2n) is 6.22. The van der Waals surface area contributed by atoms with Crippen LogP contribution < -0.4 is 0 Å².